The van der Waals surface area contributed by atoms with E-state index in [1.54, 1.807) is 22.5 Å². The quantitative estimate of drug-likeness (QED) is 0.799. The summed E-state index contributed by atoms with van der Waals surface area (Å²) in [5.41, 5.74) is 6.14. The highest BCUT2D eigenvalue weighted by Gasteiger charge is 2.14. The molecule has 0 radical (unpaired) electrons. The van der Waals surface area contributed by atoms with Gasteiger partial charge in [0.25, 0.3) is 0 Å². The van der Waals surface area contributed by atoms with Crippen LogP contribution in [0, 0.1) is 0 Å². The van der Waals surface area contributed by atoms with Gasteiger partial charge in [0, 0.05) is 6.04 Å². The number of benzene rings is 1. The molecule has 1 nitrogen and oxygen atoms in total. The SMILES string of the molecule is CCCNC(Cc1ccsc1)Cc1ccc2c(c1)CCC2. The predicted molar refractivity (Wildman–Crippen MR) is 92.3 cm³/mol. The molecule has 0 saturated heterocycles. The number of hydrogen-bond acceptors (Lipinski definition) is 2. The molecule has 2 heteroatoms. The lowest BCUT2D eigenvalue weighted by atomic mass is 9.97. The van der Waals surface area contributed by atoms with Gasteiger partial charge in [-0.1, -0.05) is 25.1 Å². The number of fused-ring (bicyclic) bond motifs is 1. The summed E-state index contributed by atoms with van der Waals surface area (Å²) in [4.78, 5) is 0. The lowest BCUT2D eigenvalue weighted by molar-refractivity contribution is 0.505. The van der Waals surface area contributed by atoms with Crippen LogP contribution in [0.2, 0.25) is 0 Å². The highest BCUT2D eigenvalue weighted by molar-refractivity contribution is 7.07. The molecular formula is C19H25NS. The van der Waals surface area contributed by atoms with Crippen LogP contribution in [0.4, 0.5) is 0 Å². The van der Waals surface area contributed by atoms with Crippen molar-refractivity contribution in [2.45, 2.75) is 51.5 Å². The zero-order chi connectivity index (χ0) is 14.5. The van der Waals surface area contributed by atoms with E-state index in [2.05, 4.69) is 47.3 Å². The van der Waals surface area contributed by atoms with E-state index in [4.69, 9.17) is 0 Å². The highest BCUT2D eigenvalue weighted by atomic mass is 32.1. The van der Waals surface area contributed by atoms with E-state index in [1.165, 1.54) is 36.8 Å². The van der Waals surface area contributed by atoms with Crippen molar-refractivity contribution in [2.75, 3.05) is 6.54 Å². The van der Waals surface area contributed by atoms with Gasteiger partial charge >= 0.3 is 0 Å². The van der Waals surface area contributed by atoms with Crippen LogP contribution < -0.4 is 5.32 Å². The smallest absolute Gasteiger partial charge is 0.0148 e. The predicted octanol–water partition coefficient (Wildman–Crippen LogP) is 4.39. The Hall–Kier alpha value is -1.12. The van der Waals surface area contributed by atoms with E-state index < -0.39 is 0 Å². The summed E-state index contributed by atoms with van der Waals surface area (Å²) in [6.07, 6.45) is 7.38. The normalized spacial score (nSPS) is 15.1. The minimum absolute atomic E-state index is 0.555. The first-order chi connectivity index (χ1) is 10.3. The molecule has 1 atom stereocenters. The minimum atomic E-state index is 0.555. The zero-order valence-corrected chi connectivity index (χ0v) is 13.7. The first-order valence-corrected chi connectivity index (χ1v) is 9.14. The van der Waals surface area contributed by atoms with Crippen LogP contribution in [0.25, 0.3) is 0 Å². The second-order valence-corrected chi connectivity index (χ2v) is 6.93. The molecule has 1 aromatic carbocycles. The number of hydrogen-bond donors (Lipinski definition) is 1. The van der Waals surface area contributed by atoms with E-state index in [0.29, 0.717) is 6.04 Å². The molecule has 21 heavy (non-hydrogen) atoms. The monoisotopic (exact) mass is 299 g/mol. The first kappa shape index (κ1) is 14.8. The Labute approximate surface area is 132 Å². The molecule has 1 aliphatic rings. The van der Waals surface area contributed by atoms with Crippen LogP contribution in [0.5, 0.6) is 0 Å². The summed E-state index contributed by atoms with van der Waals surface area (Å²) in [5, 5.41) is 8.19. The Morgan fingerprint density at radius 3 is 2.76 bits per heavy atom. The van der Waals surface area contributed by atoms with Gasteiger partial charge in [0.2, 0.25) is 0 Å². The molecule has 1 unspecified atom stereocenters. The standard InChI is InChI=1S/C19H25NS/c1-2-9-20-19(13-16-8-10-21-14-16)12-15-6-7-17-4-3-5-18(17)11-15/h6-8,10-11,14,19-20H,2-5,9,12-13H2,1H3. The summed E-state index contributed by atoms with van der Waals surface area (Å²) in [7, 11) is 0. The van der Waals surface area contributed by atoms with Crippen molar-refractivity contribution < 1.29 is 0 Å². The van der Waals surface area contributed by atoms with Crippen LogP contribution in [-0.2, 0) is 25.7 Å². The molecule has 1 heterocycles. The molecule has 2 aromatic rings. The maximum Gasteiger partial charge on any atom is 0.0148 e. The lowest BCUT2D eigenvalue weighted by Gasteiger charge is -2.19. The molecule has 1 N–H and O–H groups in total. The maximum absolute atomic E-state index is 3.73. The Bertz CT molecular complexity index is 559. The fraction of sp³-hybridized carbons (Fsp3) is 0.474. The van der Waals surface area contributed by atoms with Gasteiger partial charge < -0.3 is 5.32 Å². The van der Waals surface area contributed by atoms with E-state index in [9.17, 15) is 0 Å². The van der Waals surface area contributed by atoms with Gasteiger partial charge in [0.15, 0.2) is 0 Å². The van der Waals surface area contributed by atoms with Crippen LogP contribution in [0.15, 0.2) is 35.0 Å². The lowest BCUT2D eigenvalue weighted by Crippen LogP contribution is -2.33. The van der Waals surface area contributed by atoms with Gasteiger partial charge in [-0.05, 0) is 84.1 Å². The Morgan fingerprint density at radius 2 is 1.95 bits per heavy atom. The molecule has 0 fully saturated rings. The van der Waals surface area contributed by atoms with E-state index >= 15 is 0 Å². The Balaban J connectivity index is 1.68. The van der Waals surface area contributed by atoms with Gasteiger partial charge in [0.05, 0.1) is 0 Å². The maximum atomic E-state index is 3.73. The summed E-state index contributed by atoms with van der Waals surface area (Å²) in [5.74, 6) is 0. The molecule has 0 amide bonds. The van der Waals surface area contributed by atoms with Gasteiger partial charge in [-0.25, -0.2) is 0 Å². The Kier molecular flexibility index (Phi) is 5.10. The summed E-state index contributed by atoms with van der Waals surface area (Å²) >= 11 is 1.80. The van der Waals surface area contributed by atoms with E-state index in [0.717, 1.165) is 19.4 Å². The molecular weight excluding hydrogens is 274 g/mol. The largest absolute Gasteiger partial charge is 0.313 e. The number of nitrogens with one attached hydrogen (secondary N) is 1. The van der Waals surface area contributed by atoms with E-state index in [1.807, 2.05) is 0 Å². The highest BCUT2D eigenvalue weighted by Crippen LogP contribution is 2.23. The van der Waals surface area contributed by atoms with Crippen molar-refractivity contribution in [2.24, 2.45) is 0 Å². The Morgan fingerprint density at radius 1 is 1.10 bits per heavy atom. The number of aryl methyl sites for hydroxylation is 2. The van der Waals surface area contributed by atoms with Crippen LogP contribution in [0.1, 0.15) is 42.0 Å². The van der Waals surface area contributed by atoms with Gasteiger partial charge in [-0.15, -0.1) is 0 Å². The first-order valence-electron chi connectivity index (χ1n) is 8.20. The molecule has 0 saturated carbocycles. The molecule has 3 rings (SSSR count). The fourth-order valence-corrected chi connectivity index (χ4v) is 3.98. The molecule has 1 aliphatic carbocycles. The van der Waals surface area contributed by atoms with Crippen molar-refractivity contribution in [3.8, 4) is 0 Å². The third-order valence-corrected chi connectivity index (χ3v) is 5.12. The topological polar surface area (TPSA) is 12.0 Å². The van der Waals surface area contributed by atoms with Crippen LogP contribution in [0.3, 0.4) is 0 Å². The second kappa shape index (κ2) is 7.24. The van der Waals surface area contributed by atoms with Crippen molar-refractivity contribution in [3.05, 3.63) is 57.3 Å². The number of rotatable bonds is 7. The zero-order valence-electron chi connectivity index (χ0n) is 12.9. The third kappa shape index (κ3) is 3.96. The molecule has 1 aromatic heterocycles. The van der Waals surface area contributed by atoms with Crippen molar-refractivity contribution >= 4 is 11.3 Å². The van der Waals surface area contributed by atoms with Gasteiger partial charge in [-0.3, -0.25) is 0 Å². The summed E-state index contributed by atoms with van der Waals surface area (Å²) in [6.45, 7) is 3.35. The van der Waals surface area contributed by atoms with Crippen LogP contribution >= 0.6 is 11.3 Å². The summed E-state index contributed by atoms with van der Waals surface area (Å²) < 4.78 is 0. The van der Waals surface area contributed by atoms with Crippen molar-refractivity contribution in [3.63, 3.8) is 0 Å². The number of thiophene rings is 1. The molecule has 0 bridgehead atoms. The van der Waals surface area contributed by atoms with Crippen molar-refractivity contribution in [1.29, 1.82) is 0 Å². The average Bonchev–Trinajstić information content (AvgIpc) is 3.15. The summed E-state index contributed by atoms with van der Waals surface area (Å²) in [6, 6.07) is 9.97. The van der Waals surface area contributed by atoms with Crippen molar-refractivity contribution in [1.82, 2.24) is 5.32 Å². The van der Waals surface area contributed by atoms with Gasteiger partial charge in [-0.2, -0.15) is 11.3 Å². The second-order valence-electron chi connectivity index (χ2n) is 6.15. The van der Waals surface area contributed by atoms with Gasteiger partial charge in [0.1, 0.15) is 0 Å². The van der Waals surface area contributed by atoms with E-state index in [-0.39, 0.29) is 0 Å². The minimum Gasteiger partial charge on any atom is -0.313 e. The molecule has 0 aliphatic heterocycles. The fourth-order valence-electron chi connectivity index (χ4n) is 3.29. The average molecular weight is 299 g/mol. The molecule has 0 spiro atoms. The third-order valence-electron chi connectivity index (χ3n) is 4.39. The van der Waals surface area contributed by atoms with Crippen LogP contribution in [-0.4, -0.2) is 12.6 Å². The molecule has 112 valence electrons.